The van der Waals surface area contributed by atoms with Crippen LogP contribution in [0.25, 0.3) is 0 Å². The molecular weight excluding hydrogens is 154 g/mol. The Morgan fingerprint density at radius 1 is 1.58 bits per heavy atom. The number of hydrogen-bond acceptors (Lipinski definition) is 2. The molecule has 3 unspecified atom stereocenters. The third-order valence-corrected chi connectivity index (χ3v) is 4.56. The zero-order valence-corrected chi connectivity index (χ0v) is 6.86. The average molecular weight is 167 g/mol. The number of nitrogens with two attached hydrogens (primary N) is 1. The lowest BCUT2D eigenvalue weighted by atomic mass is 9.32. The Balaban J connectivity index is 2.00. The number of carbonyl (C=O) groups is 1. The lowest BCUT2D eigenvalue weighted by Crippen LogP contribution is -2.78. The number of rotatable bonds is 1. The van der Waals surface area contributed by atoms with Gasteiger partial charge < -0.3 is 10.8 Å². The first kappa shape index (κ1) is 6.89. The summed E-state index contributed by atoms with van der Waals surface area (Å²) in [5, 5.41) is 9.12. The minimum absolute atomic E-state index is 0.0347. The molecule has 0 heterocycles. The quantitative estimate of drug-likeness (QED) is 0.595. The Kier molecular flexibility index (Phi) is 0.971. The maximum Gasteiger partial charge on any atom is 0.311 e. The van der Waals surface area contributed by atoms with E-state index < -0.39 is 11.4 Å². The molecule has 3 nitrogen and oxygen atoms in total. The summed E-state index contributed by atoms with van der Waals surface area (Å²) in [5.74, 6) is 1.12. The molecule has 0 saturated heterocycles. The molecule has 3 N–H and O–H groups in total. The normalized spacial score (nSPS) is 60.1. The second-order valence-corrected chi connectivity index (χ2v) is 4.59. The predicted molar refractivity (Wildman–Crippen MR) is 42.4 cm³/mol. The van der Waals surface area contributed by atoms with E-state index in [9.17, 15) is 4.79 Å². The standard InChI is InChI=1S/C9H13NO2/c10-7-6-4-1-2-9(7,8(11)12)5(6)3-4/h4-7H,1-3,10H2,(H,11,12)/t4-,5?,6?,7?,9+/m1/s1. The van der Waals surface area contributed by atoms with E-state index in [1.807, 2.05) is 0 Å². The summed E-state index contributed by atoms with van der Waals surface area (Å²) in [7, 11) is 0. The van der Waals surface area contributed by atoms with Gasteiger partial charge in [0.15, 0.2) is 0 Å². The molecule has 0 amide bonds. The van der Waals surface area contributed by atoms with E-state index in [0.717, 1.165) is 25.2 Å². The van der Waals surface area contributed by atoms with Gasteiger partial charge in [-0.3, -0.25) is 4.79 Å². The Bertz CT molecular complexity index is 255. The first-order valence-corrected chi connectivity index (χ1v) is 4.67. The highest BCUT2D eigenvalue weighted by atomic mass is 16.4. The minimum atomic E-state index is -0.644. The van der Waals surface area contributed by atoms with Crippen molar-refractivity contribution < 1.29 is 9.90 Å². The molecule has 4 aliphatic carbocycles. The van der Waals surface area contributed by atoms with Crippen LogP contribution < -0.4 is 5.73 Å². The Hall–Kier alpha value is -0.570. The second kappa shape index (κ2) is 1.69. The molecule has 3 heteroatoms. The van der Waals surface area contributed by atoms with Crippen molar-refractivity contribution >= 4 is 5.97 Å². The van der Waals surface area contributed by atoms with Gasteiger partial charge in [-0.25, -0.2) is 0 Å². The first-order valence-electron chi connectivity index (χ1n) is 4.67. The largest absolute Gasteiger partial charge is 0.481 e. The molecular formula is C9H13NO2. The van der Waals surface area contributed by atoms with Gasteiger partial charge in [-0.15, -0.1) is 0 Å². The van der Waals surface area contributed by atoms with E-state index in [4.69, 9.17) is 10.8 Å². The van der Waals surface area contributed by atoms with Crippen molar-refractivity contribution in [2.24, 2.45) is 28.9 Å². The van der Waals surface area contributed by atoms with E-state index in [0.29, 0.717) is 11.8 Å². The van der Waals surface area contributed by atoms with Crippen LogP contribution in [0.2, 0.25) is 0 Å². The van der Waals surface area contributed by atoms with Crippen LogP contribution in [0.5, 0.6) is 0 Å². The van der Waals surface area contributed by atoms with Crippen LogP contribution in [-0.2, 0) is 4.79 Å². The van der Waals surface area contributed by atoms with E-state index in [-0.39, 0.29) is 6.04 Å². The van der Waals surface area contributed by atoms with Crippen LogP contribution >= 0.6 is 0 Å². The molecule has 0 radical (unpaired) electrons. The summed E-state index contributed by atoms with van der Waals surface area (Å²) in [4.78, 5) is 11.1. The average Bonchev–Trinajstić information content (AvgIpc) is 2.03. The number of carboxylic acids is 1. The van der Waals surface area contributed by atoms with Gasteiger partial charge in [-0.1, -0.05) is 0 Å². The van der Waals surface area contributed by atoms with Crippen LogP contribution in [0, 0.1) is 23.2 Å². The number of carboxylic acid groups (broad SMARTS) is 1. The molecule has 0 aromatic heterocycles. The topological polar surface area (TPSA) is 63.3 Å². The van der Waals surface area contributed by atoms with E-state index in [1.54, 1.807) is 0 Å². The van der Waals surface area contributed by atoms with Crippen molar-refractivity contribution in [1.82, 2.24) is 0 Å². The van der Waals surface area contributed by atoms with Gasteiger partial charge in [0, 0.05) is 6.04 Å². The highest BCUT2D eigenvalue weighted by Gasteiger charge is 2.74. The van der Waals surface area contributed by atoms with Crippen LogP contribution in [0.4, 0.5) is 0 Å². The van der Waals surface area contributed by atoms with Crippen molar-refractivity contribution in [2.45, 2.75) is 25.3 Å². The summed E-state index contributed by atoms with van der Waals surface area (Å²) >= 11 is 0. The van der Waals surface area contributed by atoms with Crippen LogP contribution in [-0.4, -0.2) is 17.1 Å². The maximum absolute atomic E-state index is 11.1. The first-order chi connectivity index (χ1) is 5.68. The summed E-state index contributed by atoms with van der Waals surface area (Å²) in [6.07, 6.45) is 3.06. The second-order valence-electron chi connectivity index (χ2n) is 4.59. The molecule has 0 aromatic carbocycles. The molecule has 0 aliphatic heterocycles. The van der Waals surface area contributed by atoms with Gasteiger partial charge in [0.25, 0.3) is 0 Å². The highest BCUT2D eigenvalue weighted by molar-refractivity contribution is 5.79. The molecule has 4 bridgehead atoms. The predicted octanol–water partition coefficient (Wildman–Crippen LogP) is 0.444. The van der Waals surface area contributed by atoms with Gasteiger partial charge in [-0.2, -0.15) is 0 Å². The molecule has 66 valence electrons. The van der Waals surface area contributed by atoms with Gasteiger partial charge in [0.1, 0.15) is 0 Å². The fourth-order valence-electron chi connectivity index (χ4n) is 3.84. The van der Waals surface area contributed by atoms with Gasteiger partial charge in [0.05, 0.1) is 5.41 Å². The van der Waals surface area contributed by atoms with Gasteiger partial charge in [-0.05, 0) is 37.0 Å². The van der Waals surface area contributed by atoms with Crippen LogP contribution in [0.3, 0.4) is 0 Å². The third-order valence-electron chi connectivity index (χ3n) is 4.56. The zero-order chi connectivity index (χ0) is 8.51. The minimum Gasteiger partial charge on any atom is -0.481 e. The van der Waals surface area contributed by atoms with Gasteiger partial charge in [0.2, 0.25) is 0 Å². The SMILES string of the molecule is NC1C2C3C[C@H]2CC[C@@]13C(=O)O. The highest BCUT2D eigenvalue weighted by Crippen LogP contribution is 2.71. The Morgan fingerprint density at radius 3 is 2.67 bits per heavy atom. The summed E-state index contributed by atoms with van der Waals surface area (Å²) in [5.41, 5.74) is 5.40. The molecule has 4 saturated carbocycles. The van der Waals surface area contributed by atoms with E-state index >= 15 is 0 Å². The van der Waals surface area contributed by atoms with Crippen molar-refractivity contribution in [3.8, 4) is 0 Å². The third kappa shape index (κ3) is 0.431. The van der Waals surface area contributed by atoms with Crippen molar-refractivity contribution in [1.29, 1.82) is 0 Å². The summed E-state index contributed by atoms with van der Waals surface area (Å²) < 4.78 is 0. The maximum atomic E-state index is 11.1. The number of hydrogen-bond donors (Lipinski definition) is 2. The molecule has 5 atom stereocenters. The lowest BCUT2D eigenvalue weighted by molar-refractivity contribution is -0.239. The monoisotopic (exact) mass is 167 g/mol. The molecule has 12 heavy (non-hydrogen) atoms. The zero-order valence-electron chi connectivity index (χ0n) is 6.86. The van der Waals surface area contributed by atoms with Crippen LogP contribution in [0.1, 0.15) is 19.3 Å². The van der Waals surface area contributed by atoms with Crippen LogP contribution in [0.15, 0.2) is 0 Å². The van der Waals surface area contributed by atoms with Crippen molar-refractivity contribution in [3.63, 3.8) is 0 Å². The molecule has 0 aromatic rings. The molecule has 4 fully saturated rings. The van der Waals surface area contributed by atoms with E-state index in [2.05, 4.69) is 0 Å². The Labute approximate surface area is 70.9 Å². The molecule has 4 aliphatic rings. The van der Waals surface area contributed by atoms with Gasteiger partial charge >= 0.3 is 5.97 Å². The summed E-state index contributed by atoms with van der Waals surface area (Å²) in [6, 6.07) is -0.0347. The molecule has 0 spiro atoms. The lowest BCUT2D eigenvalue weighted by Gasteiger charge is -2.72. The van der Waals surface area contributed by atoms with Crippen molar-refractivity contribution in [3.05, 3.63) is 0 Å². The smallest absolute Gasteiger partial charge is 0.311 e. The molecule has 4 rings (SSSR count). The Morgan fingerprint density at radius 2 is 2.33 bits per heavy atom. The fraction of sp³-hybridized carbons (Fsp3) is 0.889. The van der Waals surface area contributed by atoms with Crippen molar-refractivity contribution in [2.75, 3.05) is 0 Å². The summed E-state index contributed by atoms with van der Waals surface area (Å²) in [6.45, 7) is 0. The number of aliphatic carboxylic acids is 1. The van der Waals surface area contributed by atoms with E-state index in [1.165, 1.54) is 0 Å². The fourth-order valence-corrected chi connectivity index (χ4v) is 3.84. The number of fused-ring (bicyclic) bond motifs is 1.